The molecule has 1 aromatic heterocycles. The standard InChI is InChI=1S/C22H27N5O3/c1-4-29-14-30-20-10-16(13-28)7-8-18(20)21-15(2)19(11-23)22(26-25-21)24-17-6-5-9-27(3)12-17/h7-8,10,13,17H,4-6,9,12,14H2,1-3H3,(H,24,26)/t17-/m1/s1. The Balaban J connectivity index is 1.95. The SMILES string of the molecule is CCOCOc1cc(C=O)ccc1-c1nnc(N[C@@H]2CCCN(C)C2)c(C#N)c1C. The summed E-state index contributed by atoms with van der Waals surface area (Å²) in [6.07, 6.45) is 2.88. The third kappa shape index (κ3) is 4.93. The van der Waals surface area contributed by atoms with Crippen LogP contribution >= 0.6 is 0 Å². The Morgan fingerprint density at radius 1 is 1.40 bits per heavy atom. The molecular weight excluding hydrogens is 382 g/mol. The van der Waals surface area contributed by atoms with Gasteiger partial charge in [0.05, 0.1) is 0 Å². The Bertz CT molecular complexity index is 941. The molecule has 0 radical (unpaired) electrons. The van der Waals surface area contributed by atoms with E-state index in [1.54, 1.807) is 18.2 Å². The number of benzene rings is 1. The first-order valence-corrected chi connectivity index (χ1v) is 10.1. The number of likely N-dealkylation sites (N-methyl/N-ethyl adjacent to an activating group) is 1. The monoisotopic (exact) mass is 409 g/mol. The molecule has 0 unspecified atom stereocenters. The van der Waals surface area contributed by atoms with Gasteiger partial charge in [-0.2, -0.15) is 5.26 Å². The lowest BCUT2D eigenvalue weighted by atomic mass is 10.0. The lowest BCUT2D eigenvalue weighted by molar-refractivity contribution is 0.0227. The van der Waals surface area contributed by atoms with Crippen LogP contribution in [0, 0.1) is 18.3 Å². The van der Waals surface area contributed by atoms with Gasteiger partial charge >= 0.3 is 0 Å². The van der Waals surface area contributed by atoms with Crippen LogP contribution in [0.5, 0.6) is 5.75 Å². The molecule has 0 saturated carbocycles. The Morgan fingerprint density at radius 2 is 2.23 bits per heavy atom. The maximum Gasteiger partial charge on any atom is 0.189 e. The summed E-state index contributed by atoms with van der Waals surface area (Å²) in [6, 6.07) is 7.58. The Labute approximate surface area is 176 Å². The summed E-state index contributed by atoms with van der Waals surface area (Å²) >= 11 is 0. The largest absolute Gasteiger partial charge is 0.467 e. The number of aromatic nitrogens is 2. The lowest BCUT2D eigenvalue weighted by Gasteiger charge is -2.30. The minimum atomic E-state index is 0.0538. The van der Waals surface area contributed by atoms with Crippen LogP contribution in [0.1, 0.15) is 41.3 Å². The maximum absolute atomic E-state index is 11.2. The van der Waals surface area contributed by atoms with Crippen molar-refractivity contribution in [2.75, 3.05) is 38.9 Å². The Morgan fingerprint density at radius 3 is 2.93 bits per heavy atom. The average molecular weight is 409 g/mol. The van der Waals surface area contributed by atoms with Gasteiger partial charge in [-0.15, -0.1) is 10.2 Å². The van der Waals surface area contributed by atoms with E-state index in [4.69, 9.17) is 9.47 Å². The molecule has 0 spiro atoms. The summed E-state index contributed by atoms with van der Waals surface area (Å²) in [6.45, 7) is 6.26. The number of nitrogens with one attached hydrogen (secondary N) is 1. The van der Waals surface area contributed by atoms with Crippen LogP contribution in [-0.4, -0.2) is 61.0 Å². The summed E-state index contributed by atoms with van der Waals surface area (Å²) in [4.78, 5) is 13.5. The number of anilines is 1. The molecule has 1 atom stereocenters. The van der Waals surface area contributed by atoms with Crippen molar-refractivity contribution in [3.8, 4) is 23.1 Å². The zero-order valence-corrected chi connectivity index (χ0v) is 17.6. The zero-order chi connectivity index (χ0) is 21.5. The number of hydrogen-bond acceptors (Lipinski definition) is 8. The number of rotatable bonds is 8. The summed E-state index contributed by atoms with van der Waals surface area (Å²) in [5.74, 6) is 0.962. The van der Waals surface area contributed by atoms with Crippen molar-refractivity contribution < 1.29 is 14.3 Å². The van der Waals surface area contributed by atoms with Crippen molar-refractivity contribution in [1.82, 2.24) is 15.1 Å². The molecule has 1 N–H and O–H groups in total. The third-order valence-corrected chi connectivity index (χ3v) is 5.19. The van der Waals surface area contributed by atoms with Gasteiger partial charge in [-0.05, 0) is 58.0 Å². The fraction of sp³-hybridized carbons (Fsp3) is 0.455. The van der Waals surface area contributed by atoms with E-state index in [0.29, 0.717) is 46.1 Å². The van der Waals surface area contributed by atoms with Gasteiger partial charge in [-0.1, -0.05) is 6.07 Å². The van der Waals surface area contributed by atoms with Crippen molar-refractivity contribution in [3.05, 3.63) is 34.9 Å². The highest BCUT2D eigenvalue weighted by Gasteiger charge is 2.22. The number of likely N-dealkylation sites (tertiary alicyclic amines) is 1. The van der Waals surface area contributed by atoms with Crippen LogP contribution in [0.4, 0.5) is 5.82 Å². The van der Waals surface area contributed by atoms with Crippen LogP contribution in [-0.2, 0) is 4.74 Å². The van der Waals surface area contributed by atoms with Gasteiger partial charge in [0.15, 0.2) is 12.6 Å². The first-order chi connectivity index (χ1) is 14.6. The summed E-state index contributed by atoms with van der Waals surface area (Å²) < 4.78 is 11.0. The Kier molecular flexibility index (Phi) is 7.33. The van der Waals surface area contributed by atoms with Crippen LogP contribution < -0.4 is 10.1 Å². The summed E-state index contributed by atoms with van der Waals surface area (Å²) in [7, 11) is 2.09. The number of nitrogens with zero attached hydrogens (tertiary/aromatic N) is 4. The molecule has 1 saturated heterocycles. The molecule has 1 aromatic carbocycles. The fourth-order valence-electron chi connectivity index (χ4n) is 3.61. The molecule has 3 rings (SSSR count). The second-order valence-corrected chi connectivity index (χ2v) is 7.38. The van der Waals surface area contributed by atoms with Crippen LogP contribution in [0.15, 0.2) is 18.2 Å². The minimum absolute atomic E-state index is 0.0538. The molecule has 158 valence electrons. The van der Waals surface area contributed by atoms with Crippen molar-refractivity contribution in [3.63, 3.8) is 0 Å². The van der Waals surface area contributed by atoms with E-state index >= 15 is 0 Å². The first kappa shape index (κ1) is 21.7. The fourth-order valence-corrected chi connectivity index (χ4v) is 3.61. The van der Waals surface area contributed by atoms with E-state index in [0.717, 1.165) is 32.2 Å². The van der Waals surface area contributed by atoms with E-state index in [1.807, 2.05) is 13.8 Å². The lowest BCUT2D eigenvalue weighted by Crippen LogP contribution is -2.40. The van der Waals surface area contributed by atoms with Crippen molar-refractivity contribution in [2.45, 2.75) is 32.7 Å². The van der Waals surface area contributed by atoms with Gasteiger partial charge in [-0.3, -0.25) is 4.79 Å². The van der Waals surface area contributed by atoms with Crippen molar-refractivity contribution in [1.29, 1.82) is 5.26 Å². The number of ether oxygens (including phenoxy) is 2. The molecule has 30 heavy (non-hydrogen) atoms. The van der Waals surface area contributed by atoms with Crippen LogP contribution in [0.2, 0.25) is 0 Å². The molecule has 1 aliphatic heterocycles. The molecule has 0 bridgehead atoms. The second kappa shape index (κ2) is 10.1. The van der Waals surface area contributed by atoms with Gasteiger partial charge in [0, 0.05) is 30.3 Å². The second-order valence-electron chi connectivity index (χ2n) is 7.38. The number of piperidine rings is 1. The van der Waals surface area contributed by atoms with E-state index < -0.39 is 0 Å². The summed E-state index contributed by atoms with van der Waals surface area (Å²) in [5, 5.41) is 21.9. The smallest absolute Gasteiger partial charge is 0.189 e. The van der Waals surface area contributed by atoms with Gasteiger partial charge < -0.3 is 19.7 Å². The topological polar surface area (TPSA) is 100 Å². The Hall–Kier alpha value is -3.02. The number of nitriles is 1. The molecule has 8 nitrogen and oxygen atoms in total. The number of hydrogen-bond donors (Lipinski definition) is 1. The summed E-state index contributed by atoms with van der Waals surface area (Å²) in [5.41, 5.74) is 2.85. The molecule has 8 heteroatoms. The molecule has 2 heterocycles. The zero-order valence-electron chi connectivity index (χ0n) is 17.6. The van der Waals surface area contributed by atoms with Crippen LogP contribution in [0.3, 0.4) is 0 Å². The molecule has 1 fully saturated rings. The highest BCUT2D eigenvalue weighted by molar-refractivity contribution is 5.81. The predicted molar refractivity (Wildman–Crippen MR) is 114 cm³/mol. The van der Waals surface area contributed by atoms with Gasteiger partial charge in [0.1, 0.15) is 29.4 Å². The van der Waals surface area contributed by atoms with E-state index in [9.17, 15) is 10.1 Å². The molecule has 2 aromatic rings. The van der Waals surface area contributed by atoms with Crippen molar-refractivity contribution in [2.24, 2.45) is 0 Å². The normalized spacial score (nSPS) is 16.7. The third-order valence-electron chi connectivity index (χ3n) is 5.19. The molecule has 0 aliphatic carbocycles. The molecule has 1 aliphatic rings. The number of aldehydes is 1. The molecular formula is C22H27N5O3. The van der Waals surface area contributed by atoms with Crippen LogP contribution in [0.25, 0.3) is 11.3 Å². The van der Waals surface area contributed by atoms with E-state index in [-0.39, 0.29) is 12.8 Å². The minimum Gasteiger partial charge on any atom is -0.467 e. The van der Waals surface area contributed by atoms with Gasteiger partial charge in [-0.25, -0.2) is 0 Å². The molecule has 0 amide bonds. The number of carbonyl (C=O) groups is 1. The highest BCUT2D eigenvalue weighted by Crippen LogP contribution is 2.34. The number of carbonyl (C=O) groups excluding carboxylic acids is 1. The first-order valence-electron chi connectivity index (χ1n) is 10.1. The highest BCUT2D eigenvalue weighted by atomic mass is 16.7. The van der Waals surface area contributed by atoms with E-state index in [2.05, 4.69) is 33.5 Å². The average Bonchev–Trinajstić information content (AvgIpc) is 2.74. The van der Waals surface area contributed by atoms with E-state index in [1.165, 1.54) is 0 Å². The maximum atomic E-state index is 11.2. The predicted octanol–water partition coefficient (Wildman–Crippen LogP) is 3.02. The van der Waals surface area contributed by atoms with Crippen molar-refractivity contribution >= 4 is 12.1 Å². The van der Waals surface area contributed by atoms with Gasteiger partial charge in [0.2, 0.25) is 0 Å². The quantitative estimate of drug-likeness (QED) is 0.403. The van der Waals surface area contributed by atoms with Gasteiger partial charge in [0.25, 0.3) is 0 Å².